The summed E-state index contributed by atoms with van der Waals surface area (Å²) < 4.78 is 0. The van der Waals surface area contributed by atoms with E-state index < -0.39 is 0 Å². The van der Waals surface area contributed by atoms with Gasteiger partial charge < -0.3 is 10.2 Å². The lowest BCUT2D eigenvalue weighted by atomic mass is 10.1. The Bertz CT molecular complexity index is 166. The molecule has 1 rings (SSSR count). The van der Waals surface area contributed by atoms with Gasteiger partial charge in [-0.15, -0.1) is 0 Å². The number of nitrogens with zero attached hydrogens (tertiary/aromatic N) is 1. The molecule has 2 unspecified atom stereocenters. The van der Waals surface area contributed by atoms with Gasteiger partial charge in [-0.2, -0.15) is 0 Å². The van der Waals surface area contributed by atoms with E-state index in [1.165, 1.54) is 32.2 Å². The molecule has 0 aromatic carbocycles. The standard InChI is InChI=1S/C13H28N2/c1-5-14-11(2)7-6-10-15(4)12(3)13-8-9-13/h11-14H,5-10H2,1-4H3. The summed E-state index contributed by atoms with van der Waals surface area (Å²) in [6.45, 7) is 9.19. The Hall–Kier alpha value is -0.0800. The van der Waals surface area contributed by atoms with Crippen LogP contribution in [0.2, 0.25) is 0 Å². The van der Waals surface area contributed by atoms with Crippen molar-refractivity contribution in [2.75, 3.05) is 20.1 Å². The summed E-state index contributed by atoms with van der Waals surface area (Å²) in [4.78, 5) is 2.54. The zero-order chi connectivity index (χ0) is 11.3. The van der Waals surface area contributed by atoms with E-state index >= 15 is 0 Å². The third kappa shape index (κ3) is 4.98. The van der Waals surface area contributed by atoms with Crippen LogP contribution >= 0.6 is 0 Å². The highest BCUT2D eigenvalue weighted by atomic mass is 15.1. The lowest BCUT2D eigenvalue weighted by Gasteiger charge is -2.25. The van der Waals surface area contributed by atoms with E-state index in [1.54, 1.807) is 0 Å². The Morgan fingerprint density at radius 2 is 2.00 bits per heavy atom. The minimum Gasteiger partial charge on any atom is -0.315 e. The van der Waals surface area contributed by atoms with Crippen LogP contribution in [0.1, 0.15) is 46.5 Å². The van der Waals surface area contributed by atoms with Gasteiger partial charge in [-0.1, -0.05) is 6.92 Å². The van der Waals surface area contributed by atoms with Crippen molar-refractivity contribution in [3.8, 4) is 0 Å². The van der Waals surface area contributed by atoms with Crippen LogP contribution in [0.15, 0.2) is 0 Å². The molecule has 1 saturated carbocycles. The molecule has 0 spiro atoms. The molecule has 2 heteroatoms. The van der Waals surface area contributed by atoms with E-state index in [2.05, 4.69) is 38.0 Å². The first kappa shape index (κ1) is 13.0. The van der Waals surface area contributed by atoms with Gasteiger partial charge in [0.2, 0.25) is 0 Å². The minimum absolute atomic E-state index is 0.680. The molecule has 0 radical (unpaired) electrons. The summed E-state index contributed by atoms with van der Waals surface area (Å²) in [5.74, 6) is 1.00. The van der Waals surface area contributed by atoms with Crippen LogP contribution in [0.25, 0.3) is 0 Å². The van der Waals surface area contributed by atoms with Crippen molar-refractivity contribution in [1.29, 1.82) is 0 Å². The van der Waals surface area contributed by atoms with Gasteiger partial charge in [-0.25, -0.2) is 0 Å². The fourth-order valence-electron chi connectivity index (χ4n) is 2.24. The van der Waals surface area contributed by atoms with Crippen molar-refractivity contribution in [3.63, 3.8) is 0 Å². The van der Waals surface area contributed by atoms with Crippen molar-refractivity contribution in [2.24, 2.45) is 5.92 Å². The van der Waals surface area contributed by atoms with Gasteiger partial charge in [0, 0.05) is 12.1 Å². The highest BCUT2D eigenvalue weighted by Crippen LogP contribution is 2.34. The van der Waals surface area contributed by atoms with Crippen LogP contribution in [-0.4, -0.2) is 37.1 Å². The Balaban J connectivity index is 2.02. The van der Waals surface area contributed by atoms with Crippen LogP contribution in [-0.2, 0) is 0 Å². The molecule has 0 aromatic heterocycles. The van der Waals surface area contributed by atoms with Crippen LogP contribution in [0, 0.1) is 5.92 Å². The molecule has 1 aliphatic rings. The maximum absolute atomic E-state index is 3.47. The lowest BCUT2D eigenvalue weighted by molar-refractivity contribution is 0.227. The fraction of sp³-hybridized carbons (Fsp3) is 1.00. The van der Waals surface area contributed by atoms with Crippen LogP contribution in [0.3, 0.4) is 0 Å². The van der Waals surface area contributed by atoms with Gasteiger partial charge in [0.15, 0.2) is 0 Å². The molecule has 1 N–H and O–H groups in total. The maximum atomic E-state index is 3.47. The Kier molecular flexibility index (Phi) is 5.62. The first-order chi connectivity index (χ1) is 7.15. The van der Waals surface area contributed by atoms with Crippen molar-refractivity contribution in [3.05, 3.63) is 0 Å². The molecule has 0 bridgehead atoms. The van der Waals surface area contributed by atoms with Crippen LogP contribution < -0.4 is 5.32 Å². The first-order valence-electron chi connectivity index (χ1n) is 6.58. The molecule has 2 nitrogen and oxygen atoms in total. The van der Waals surface area contributed by atoms with Gasteiger partial charge >= 0.3 is 0 Å². The van der Waals surface area contributed by atoms with E-state index in [9.17, 15) is 0 Å². The van der Waals surface area contributed by atoms with Gasteiger partial charge in [-0.05, 0) is 65.6 Å². The van der Waals surface area contributed by atoms with Crippen LogP contribution in [0.4, 0.5) is 0 Å². The van der Waals surface area contributed by atoms with E-state index in [1.807, 2.05) is 0 Å². The summed E-state index contributed by atoms with van der Waals surface area (Å²) in [5.41, 5.74) is 0. The Morgan fingerprint density at radius 3 is 2.53 bits per heavy atom. The highest BCUT2D eigenvalue weighted by molar-refractivity contribution is 4.84. The zero-order valence-corrected chi connectivity index (χ0v) is 10.9. The molecule has 0 heterocycles. The average molecular weight is 212 g/mol. The predicted octanol–water partition coefficient (Wildman–Crippen LogP) is 2.49. The lowest BCUT2D eigenvalue weighted by Crippen LogP contribution is -2.33. The van der Waals surface area contributed by atoms with Gasteiger partial charge in [0.1, 0.15) is 0 Å². The summed E-state index contributed by atoms with van der Waals surface area (Å²) in [5, 5.41) is 3.47. The van der Waals surface area contributed by atoms with Crippen LogP contribution in [0.5, 0.6) is 0 Å². The SMILES string of the molecule is CCNC(C)CCCN(C)C(C)C1CC1. The monoisotopic (exact) mass is 212 g/mol. The molecule has 0 saturated heterocycles. The third-order valence-corrected chi connectivity index (χ3v) is 3.70. The van der Waals surface area contributed by atoms with E-state index in [0.717, 1.165) is 18.5 Å². The highest BCUT2D eigenvalue weighted by Gasteiger charge is 2.29. The fourth-order valence-corrected chi connectivity index (χ4v) is 2.24. The second-order valence-electron chi connectivity index (χ2n) is 5.16. The number of rotatable bonds is 8. The molecule has 0 amide bonds. The second-order valence-corrected chi connectivity index (χ2v) is 5.16. The normalized spacial score (nSPS) is 20.6. The van der Waals surface area contributed by atoms with Gasteiger partial charge in [-0.3, -0.25) is 0 Å². The molecule has 15 heavy (non-hydrogen) atoms. The number of hydrogen-bond donors (Lipinski definition) is 1. The quantitative estimate of drug-likeness (QED) is 0.665. The second kappa shape index (κ2) is 6.49. The summed E-state index contributed by atoms with van der Waals surface area (Å²) in [7, 11) is 2.28. The van der Waals surface area contributed by atoms with Crippen molar-refractivity contribution in [2.45, 2.75) is 58.5 Å². The zero-order valence-electron chi connectivity index (χ0n) is 10.9. The van der Waals surface area contributed by atoms with Crippen molar-refractivity contribution < 1.29 is 0 Å². The maximum Gasteiger partial charge on any atom is 0.00921 e. The topological polar surface area (TPSA) is 15.3 Å². The summed E-state index contributed by atoms with van der Waals surface area (Å²) in [6, 6.07) is 1.49. The molecular formula is C13H28N2. The summed E-state index contributed by atoms with van der Waals surface area (Å²) >= 11 is 0. The Morgan fingerprint density at radius 1 is 1.33 bits per heavy atom. The van der Waals surface area contributed by atoms with E-state index in [0.29, 0.717) is 6.04 Å². The van der Waals surface area contributed by atoms with E-state index in [-0.39, 0.29) is 0 Å². The molecule has 0 aliphatic heterocycles. The van der Waals surface area contributed by atoms with Crippen molar-refractivity contribution >= 4 is 0 Å². The number of nitrogens with one attached hydrogen (secondary N) is 1. The molecular weight excluding hydrogens is 184 g/mol. The minimum atomic E-state index is 0.680. The Labute approximate surface area is 95.4 Å². The smallest absolute Gasteiger partial charge is 0.00921 e. The van der Waals surface area contributed by atoms with Gasteiger partial charge in [0.25, 0.3) is 0 Å². The number of hydrogen-bond acceptors (Lipinski definition) is 2. The van der Waals surface area contributed by atoms with E-state index in [4.69, 9.17) is 0 Å². The average Bonchev–Trinajstić information content (AvgIpc) is 3.00. The molecule has 1 fully saturated rings. The predicted molar refractivity (Wildman–Crippen MR) is 67.2 cm³/mol. The molecule has 90 valence electrons. The van der Waals surface area contributed by atoms with Crippen molar-refractivity contribution in [1.82, 2.24) is 10.2 Å². The third-order valence-electron chi connectivity index (χ3n) is 3.70. The largest absolute Gasteiger partial charge is 0.315 e. The summed E-state index contributed by atoms with van der Waals surface area (Å²) in [6.07, 6.45) is 5.54. The first-order valence-corrected chi connectivity index (χ1v) is 6.58. The molecule has 1 aliphatic carbocycles. The molecule has 2 atom stereocenters. The molecule has 0 aromatic rings. The van der Waals surface area contributed by atoms with Gasteiger partial charge in [0.05, 0.1) is 0 Å².